The first-order chi connectivity index (χ1) is 6.42. The van der Waals surface area contributed by atoms with Crippen LogP contribution >= 0.6 is 11.3 Å². The molecule has 0 spiro atoms. The molecule has 1 rings (SSSR count). The Balaban J connectivity index is 2.81. The largest absolute Gasteiger partial charge is 0.480 e. The SMILES string of the molecule is Cc1ccc(S(=O)(=O)NCC(=O)O)s1. The number of rotatable bonds is 4. The van der Waals surface area contributed by atoms with Gasteiger partial charge in [-0.25, -0.2) is 8.42 Å². The first-order valence-electron chi connectivity index (χ1n) is 3.70. The lowest BCUT2D eigenvalue weighted by Crippen LogP contribution is -2.28. The van der Waals surface area contributed by atoms with Crippen LogP contribution < -0.4 is 4.72 Å². The molecule has 0 aliphatic rings. The van der Waals surface area contributed by atoms with Crippen LogP contribution in [0, 0.1) is 6.92 Å². The van der Waals surface area contributed by atoms with Crippen LogP contribution in [0.3, 0.4) is 0 Å². The molecule has 5 nitrogen and oxygen atoms in total. The summed E-state index contributed by atoms with van der Waals surface area (Å²) in [6.45, 7) is 1.18. The van der Waals surface area contributed by atoms with Crippen molar-refractivity contribution in [1.82, 2.24) is 4.72 Å². The lowest BCUT2D eigenvalue weighted by Gasteiger charge is -2.00. The van der Waals surface area contributed by atoms with Gasteiger partial charge in [-0.3, -0.25) is 4.79 Å². The number of carbonyl (C=O) groups is 1. The highest BCUT2D eigenvalue weighted by Gasteiger charge is 2.16. The Morgan fingerprint density at radius 2 is 2.21 bits per heavy atom. The van der Waals surface area contributed by atoms with Crippen molar-refractivity contribution >= 4 is 27.3 Å². The van der Waals surface area contributed by atoms with Crippen LogP contribution in [0.5, 0.6) is 0 Å². The van der Waals surface area contributed by atoms with Crippen molar-refractivity contribution < 1.29 is 18.3 Å². The second-order valence-corrected chi connectivity index (χ2v) is 5.87. The highest BCUT2D eigenvalue weighted by atomic mass is 32.2. The van der Waals surface area contributed by atoms with Gasteiger partial charge in [-0.1, -0.05) is 0 Å². The standard InChI is InChI=1S/C7H9NO4S2/c1-5-2-3-7(13-5)14(11,12)8-4-6(9)10/h2-3,8H,4H2,1H3,(H,9,10). The number of nitrogens with one attached hydrogen (secondary N) is 1. The Morgan fingerprint density at radius 1 is 1.57 bits per heavy atom. The van der Waals surface area contributed by atoms with Gasteiger partial charge in [0, 0.05) is 4.88 Å². The lowest BCUT2D eigenvalue weighted by molar-refractivity contribution is -0.135. The molecule has 0 fully saturated rings. The number of thiophene rings is 1. The van der Waals surface area contributed by atoms with E-state index in [1.807, 2.05) is 4.72 Å². The van der Waals surface area contributed by atoms with E-state index < -0.39 is 22.5 Å². The van der Waals surface area contributed by atoms with Gasteiger partial charge in [0.15, 0.2) is 0 Å². The summed E-state index contributed by atoms with van der Waals surface area (Å²) < 4.78 is 24.9. The lowest BCUT2D eigenvalue weighted by atomic mass is 10.5. The molecule has 14 heavy (non-hydrogen) atoms. The van der Waals surface area contributed by atoms with Gasteiger partial charge in [0.1, 0.15) is 10.8 Å². The molecule has 0 aromatic carbocycles. The molecule has 1 heterocycles. The fourth-order valence-corrected chi connectivity index (χ4v) is 3.09. The third kappa shape index (κ3) is 2.79. The van der Waals surface area contributed by atoms with E-state index in [4.69, 9.17) is 5.11 Å². The molecule has 0 aliphatic heterocycles. The second kappa shape index (κ2) is 4.07. The summed E-state index contributed by atoms with van der Waals surface area (Å²) in [5.41, 5.74) is 0. The molecule has 2 N–H and O–H groups in total. The molecule has 1 aromatic heterocycles. The Bertz CT molecular complexity index is 434. The summed E-state index contributed by atoms with van der Waals surface area (Å²) in [6, 6.07) is 3.12. The molecule has 0 unspecified atom stereocenters. The zero-order valence-electron chi connectivity index (χ0n) is 7.35. The summed E-state index contributed by atoms with van der Waals surface area (Å²) in [5.74, 6) is -1.21. The molecule has 0 saturated heterocycles. The third-order valence-electron chi connectivity index (χ3n) is 1.39. The first-order valence-corrected chi connectivity index (χ1v) is 6.00. The minimum atomic E-state index is -3.65. The zero-order valence-corrected chi connectivity index (χ0v) is 8.98. The van der Waals surface area contributed by atoms with Gasteiger partial charge in [-0.2, -0.15) is 4.72 Å². The molecular formula is C7H9NO4S2. The van der Waals surface area contributed by atoms with Crippen LogP contribution in [-0.2, 0) is 14.8 Å². The van der Waals surface area contributed by atoms with E-state index in [1.54, 1.807) is 13.0 Å². The maximum Gasteiger partial charge on any atom is 0.318 e. The smallest absolute Gasteiger partial charge is 0.318 e. The van der Waals surface area contributed by atoms with E-state index in [1.165, 1.54) is 6.07 Å². The van der Waals surface area contributed by atoms with Gasteiger partial charge in [0.05, 0.1) is 0 Å². The Hall–Kier alpha value is -0.920. The van der Waals surface area contributed by atoms with Gasteiger partial charge < -0.3 is 5.11 Å². The number of sulfonamides is 1. The first kappa shape index (κ1) is 11.2. The van der Waals surface area contributed by atoms with Gasteiger partial charge in [-0.15, -0.1) is 11.3 Å². The number of hydrogen-bond acceptors (Lipinski definition) is 4. The summed E-state index contributed by atoms with van der Waals surface area (Å²) >= 11 is 1.10. The normalized spacial score (nSPS) is 11.5. The minimum absolute atomic E-state index is 0.135. The summed E-state index contributed by atoms with van der Waals surface area (Å²) in [4.78, 5) is 11.0. The van der Waals surface area contributed by atoms with Crippen molar-refractivity contribution in [3.8, 4) is 0 Å². The monoisotopic (exact) mass is 235 g/mol. The van der Waals surface area contributed by atoms with Crippen LogP contribution in [0.1, 0.15) is 4.88 Å². The maximum absolute atomic E-state index is 11.4. The Morgan fingerprint density at radius 3 is 2.64 bits per heavy atom. The summed E-state index contributed by atoms with van der Waals surface area (Å²) in [7, 11) is -3.65. The molecule has 0 radical (unpaired) electrons. The van der Waals surface area contributed by atoms with E-state index >= 15 is 0 Å². The van der Waals surface area contributed by atoms with Crippen LogP contribution in [0.4, 0.5) is 0 Å². The molecule has 7 heteroatoms. The predicted octanol–water partition coefficient (Wildman–Crippen LogP) is 0.419. The van der Waals surface area contributed by atoms with Crippen molar-refractivity contribution in [2.45, 2.75) is 11.1 Å². The molecule has 0 bridgehead atoms. The Labute approximate surface area is 85.4 Å². The number of carboxylic acid groups (broad SMARTS) is 1. The van der Waals surface area contributed by atoms with E-state index in [2.05, 4.69) is 0 Å². The molecule has 0 aliphatic carbocycles. The zero-order chi connectivity index (χ0) is 10.8. The van der Waals surface area contributed by atoms with Crippen LogP contribution in [0.2, 0.25) is 0 Å². The molecule has 78 valence electrons. The fourth-order valence-electron chi connectivity index (χ4n) is 0.784. The molecule has 0 atom stereocenters. The summed E-state index contributed by atoms with van der Waals surface area (Å²) in [6.07, 6.45) is 0. The van der Waals surface area contributed by atoms with Gasteiger partial charge >= 0.3 is 5.97 Å². The van der Waals surface area contributed by atoms with Crippen molar-refractivity contribution in [1.29, 1.82) is 0 Å². The molecule has 1 aromatic rings. The minimum Gasteiger partial charge on any atom is -0.480 e. The fraction of sp³-hybridized carbons (Fsp3) is 0.286. The predicted molar refractivity (Wildman–Crippen MR) is 51.9 cm³/mol. The third-order valence-corrected chi connectivity index (χ3v) is 4.29. The number of aliphatic carboxylic acids is 1. The molecule has 0 amide bonds. The number of hydrogen-bond donors (Lipinski definition) is 2. The van der Waals surface area contributed by atoms with E-state index in [-0.39, 0.29) is 4.21 Å². The summed E-state index contributed by atoms with van der Waals surface area (Å²) in [5, 5.41) is 8.31. The van der Waals surface area contributed by atoms with Crippen molar-refractivity contribution in [3.05, 3.63) is 17.0 Å². The molecular weight excluding hydrogens is 226 g/mol. The average molecular weight is 235 g/mol. The number of aryl methyl sites for hydroxylation is 1. The van der Waals surface area contributed by atoms with Crippen molar-refractivity contribution in [3.63, 3.8) is 0 Å². The highest BCUT2D eigenvalue weighted by Crippen LogP contribution is 2.19. The van der Waals surface area contributed by atoms with Gasteiger partial charge in [0.2, 0.25) is 0 Å². The van der Waals surface area contributed by atoms with Gasteiger partial charge in [-0.05, 0) is 19.1 Å². The van der Waals surface area contributed by atoms with E-state index in [9.17, 15) is 13.2 Å². The average Bonchev–Trinajstić information content (AvgIpc) is 2.49. The Kier molecular flexibility index (Phi) is 3.25. The van der Waals surface area contributed by atoms with Gasteiger partial charge in [0.25, 0.3) is 10.0 Å². The van der Waals surface area contributed by atoms with Crippen LogP contribution in [0.15, 0.2) is 16.3 Å². The van der Waals surface area contributed by atoms with Crippen LogP contribution in [0.25, 0.3) is 0 Å². The van der Waals surface area contributed by atoms with Crippen molar-refractivity contribution in [2.75, 3.05) is 6.54 Å². The molecule has 0 saturated carbocycles. The quantitative estimate of drug-likeness (QED) is 0.792. The highest BCUT2D eigenvalue weighted by molar-refractivity contribution is 7.91. The van der Waals surface area contributed by atoms with Crippen LogP contribution in [-0.4, -0.2) is 26.0 Å². The maximum atomic E-state index is 11.4. The van der Waals surface area contributed by atoms with Crippen molar-refractivity contribution in [2.24, 2.45) is 0 Å². The second-order valence-electron chi connectivity index (χ2n) is 2.58. The topological polar surface area (TPSA) is 83.5 Å². The van der Waals surface area contributed by atoms with E-state index in [0.29, 0.717) is 0 Å². The number of carboxylic acids is 1. The van der Waals surface area contributed by atoms with E-state index in [0.717, 1.165) is 16.2 Å².